The zero-order chi connectivity index (χ0) is 13.7. The van der Waals surface area contributed by atoms with E-state index in [1.165, 1.54) is 12.8 Å². The van der Waals surface area contributed by atoms with Gasteiger partial charge in [0.2, 0.25) is 11.8 Å². The molecule has 1 N–H and O–H groups in total. The van der Waals surface area contributed by atoms with E-state index in [0.717, 1.165) is 12.8 Å². The fourth-order valence-corrected chi connectivity index (χ4v) is 2.31. The van der Waals surface area contributed by atoms with Crippen molar-refractivity contribution in [2.45, 2.75) is 65.5 Å². The van der Waals surface area contributed by atoms with E-state index in [1.54, 1.807) is 4.90 Å². The van der Waals surface area contributed by atoms with Crippen LogP contribution in [-0.2, 0) is 9.59 Å². The number of hydrogen-bond acceptors (Lipinski definition) is 2. The molecule has 0 saturated carbocycles. The molecule has 1 rings (SSSR count). The third-order valence-electron chi connectivity index (χ3n) is 3.61. The molecule has 2 atom stereocenters. The van der Waals surface area contributed by atoms with Crippen LogP contribution in [-0.4, -0.2) is 35.3 Å². The average Bonchev–Trinajstić information content (AvgIpc) is 2.32. The lowest BCUT2D eigenvalue weighted by molar-refractivity contribution is -0.149. The molecule has 2 unspecified atom stereocenters. The maximum Gasteiger partial charge on any atom is 0.246 e. The number of hydrogen-bond donors (Lipinski definition) is 1. The number of carbonyl (C=O) groups is 2. The number of piperazine rings is 1. The molecule has 0 radical (unpaired) electrons. The Morgan fingerprint density at radius 3 is 2.44 bits per heavy atom. The minimum absolute atomic E-state index is 0.0243. The smallest absolute Gasteiger partial charge is 0.246 e. The number of carbonyl (C=O) groups excluding carboxylic acids is 2. The summed E-state index contributed by atoms with van der Waals surface area (Å²) in [5, 5.41) is 2.82. The number of amides is 2. The average molecular weight is 254 g/mol. The van der Waals surface area contributed by atoms with Gasteiger partial charge in [-0.15, -0.1) is 0 Å². The van der Waals surface area contributed by atoms with Crippen molar-refractivity contribution in [3.8, 4) is 0 Å². The highest BCUT2D eigenvalue weighted by Gasteiger charge is 2.38. The van der Waals surface area contributed by atoms with Crippen LogP contribution in [0.5, 0.6) is 0 Å². The van der Waals surface area contributed by atoms with Crippen LogP contribution in [0.3, 0.4) is 0 Å². The van der Waals surface area contributed by atoms with E-state index in [4.69, 9.17) is 0 Å². The van der Waals surface area contributed by atoms with Crippen molar-refractivity contribution in [2.75, 3.05) is 6.54 Å². The molecule has 18 heavy (non-hydrogen) atoms. The predicted molar refractivity (Wildman–Crippen MR) is 72.1 cm³/mol. The molecule has 0 aromatic rings. The summed E-state index contributed by atoms with van der Waals surface area (Å²) in [6.07, 6.45) is 4.48. The van der Waals surface area contributed by atoms with Crippen molar-refractivity contribution >= 4 is 11.8 Å². The molecule has 1 fully saturated rings. The third kappa shape index (κ3) is 3.47. The molecule has 1 aliphatic heterocycles. The Morgan fingerprint density at radius 2 is 1.89 bits per heavy atom. The van der Waals surface area contributed by atoms with Gasteiger partial charge in [0, 0.05) is 6.54 Å². The van der Waals surface area contributed by atoms with E-state index in [0.29, 0.717) is 6.54 Å². The standard InChI is InChI=1S/C14H26N2O2/c1-5-6-7-8-9-16-11(4)13(17)15-12(10(2)3)14(16)18/h10-12H,5-9H2,1-4H3,(H,15,17). The maximum absolute atomic E-state index is 12.3. The third-order valence-corrected chi connectivity index (χ3v) is 3.61. The van der Waals surface area contributed by atoms with Crippen LogP contribution in [0.2, 0.25) is 0 Å². The first kappa shape index (κ1) is 15.0. The van der Waals surface area contributed by atoms with Crippen LogP contribution in [0.25, 0.3) is 0 Å². The number of nitrogens with zero attached hydrogens (tertiary/aromatic N) is 1. The monoisotopic (exact) mass is 254 g/mol. The predicted octanol–water partition coefficient (Wildman–Crippen LogP) is 1.94. The van der Waals surface area contributed by atoms with Crippen LogP contribution in [0, 0.1) is 5.92 Å². The van der Waals surface area contributed by atoms with E-state index in [9.17, 15) is 9.59 Å². The molecule has 104 valence electrons. The lowest BCUT2D eigenvalue weighted by Crippen LogP contribution is -2.63. The molecule has 1 aliphatic rings. The van der Waals surface area contributed by atoms with Crippen molar-refractivity contribution in [3.63, 3.8) is 0 Å². The lowest BCUT2D eigenvalue weighted by atomic mass is 9.98. The second kappa shape index (κ2) is 6.76. The quantitative estimate of drug-likeness (QED) is 0.736. The van der Waals surface area contributed by atoms with E-state index >= 15 is 0 Å². The van der Waals surface area contributed by atoms with Gasteiger partial charge in [-0.05, 0) is 19.3 Å². The molecular formula is C14H26N2O2. The largest absolute Gasteiger partial charge is 0.342 e. The summed E-state index contributed by atoms with van der Waals surface area (Å²) in [5.41, 5.74) is 0. The topological polar surface area (TPSA) is 49.4 Å². The Kier molecular flexibility index (Phi) is 5.63. The zero-order valence-electron chi connectivity index (χ0n) is 12.0. The summed E-state index contributed by atoms with van der Waals surface area (Å²) >= 11 is 0. The molecule has 0 spiro atoms. The molecular weight excluding hydrogens is 228 g/mol. The fourth-order valence-electron chi connectivity index (χ4n) is 2.31. The van der Waals surface area contributed by atoms with Crippen molar-refractivity contribution in [2.24, 2.45) is 5.92 Å². The van der Waals surface area contributed by atoms with Gasteiger partial charge in [0.05, 0.1) is 0 Å². The van der Waals surface area contributed by atoms with Gasteiger partial charge in [0.25, 0.3) is 0 Å². The second-order valence-corrected chi connectivity index (χ2v) is 5.50. The van der Waals surface area contributed by atoms with Crippen LogP contribution in [0.1, 0.15) is 53.4 Å². The van der Waals surface area contributed by atoms with Gasteiger partial charge in [-0.25, -0.2) is 0 Å². The van der Waals surface area contributed by atoms with E-state index in [2.05, 4.69) is 12.2 Å². The van der Waals surface area contributed by atoms with Gasteiger partial charge in [0.1, 0.15) is 12.1 Å². The molecule has 2 amide bonds. The van der Waals surface area contributed by atoms with Gasteiger partial charge in [-0.2, -0.15) is 0 Å². The summed E-state index contributed by atoms with van der Waals surface area (Å²) in [6.45, 7) is 8.61. The Morgan fingerprint density at radius 1 is 1.22 bits per heavy atom. The Hall–Kier alpha value is -1.06. The molecule has 4 heteroatoms. The second-order valence-electron chi connectivity index (χ2n) is 5.50. The van der Waals surface area contributed by atoms with Gasteiger partial charge in [-0.1, -0.05) is 40.0 Å². The lowest BCUT2D eigenvalue weighted by Gasteiger charge is -2.38. The normalized spacial score (nSPS) is 24.6. The van der Waals surface area contributed by atoms with Crippen LogP contribution in [0.15, 0.2) is 0 Å². The van der Waals surface area contributed by atoms with Crippen molar-refractivity contribution in [3.05, 3.63) is 0 Å². The summed E-state index contributed by atoms with van der Waals surface area (Å²) in [7, 11) is 0. The Balaban J connectivity index is 2.61. The summed E-state index contributed by atoms with van der Waals surface area (Å²) in [5.74, 6) is 0.199. The van der Waals surface area contributed by atoms with Crippen molar-refractivity contribution in [1.29, 1.82) is 0 Å². The van der Waals surface area contributed by atoms with Crippen LogP contribution in [0.4, 0.5) is 0 Å². The Labute approximate surface area is 110 Å². The minimum atomic E-state index is -0.347. The first-order valence-corrected chi connectivity index (χ1v) is 7.09. The summed E-state index contributed by atoms with van der Waals surface area (Å²) in [6, 6.07) is -0.672. The van der Waals surface area contributed by atoms with Gasteiger partial charge in [0.15, 0.2) is 0 Å². The SMILES string of the molecule is CCCCCCN1C(=O)C(C(C)C)NC(=O)C1C. The van der Waals surface area contributed by atoms with E-state index in [-0.39, 0.29) is 29.8 Å². The number of nitrogens with one attached hydrogen (secondary N) is 1. The fraction of sp³-hybridized carbons (Fsp3) is 0.857. The molecule has 1 saturated heterocycles. The zero-order valence-corrected chi connectivity index (χ0v) is 12.0. The molecule has 0 aromatic heterocycles. The molecule has 0 aromatic carbocycles. The summed E-state index contributed by atoms with van der Waals surface area (Å²) in [4.78, 5) is 25.9. The first-order valence-electron chi connectivity index (χ1n) is 7.09. The number of rotatable bonds is 6. The van der Waals surface area contributed by atoms with E-state index < -0.39 is 0 Å². The van der Waals surface area contributed by atoms with Crippen LogP contribution >= 0.6 is 0 Å². The van der Waals surface area contributed by atoms with Crippen molar-refractivity contribution in [1.82, 2.24) is 10.2 Å². The first-order chi connectivity index (χ1) is 8.49. The molecule has 1 heterocycles. The van der Waals surface area contributed by atoms with Gasteiger partial charge in [-0.3, -0.25) is 9.59 Å². The van der Waals surface area contributed by atoms with E-state index in [1.807, 2.05) is 20.8 Å². The Bertz CT molecular complexity index is 302. The molecule has 0 aliphatic carbocycles. The van der Waals surface area contributed by atoms with Gasteiger partial charge < -0.3 is 10.2 Å². The highest BCUT2D eigenvalue weighted by atomic mass is 16.2. The van der Waals surface area contributed by atoms with Crippen LogP contribution < -0.4 is 5.32 Å². The number of unbranched alkanes of at least 4 members (excludes halogenated alkanes) is 3. The highest BCUT2D eigenvalue weighted by molar-refractivity contribution is 5.96. The van der Waals surface area contributed by atoms with Gasteiger partial charge >= 0.3 is 0 Å². The maximum atomic E-state index is 12.3. The summed E-state index contributed by atoms with van der Waals surface area (Å²) < 4.78 is 0. The molecule has 0 bridgehead atoms. The van der Waals surface area contributed by atoms with Crippen molar-refractivity contribution < 1.29 is 9.59 Å². The highest BCUT2D eigenvalue weighted by Crippen LogP contribution is 2.16. The minimum Gasteiger partial charge on any atom is -0.342 e. The molecule has 4 nitrogen and oxygen atoms in total.